The minimum Gasteiger partial charge on any atom is -0.347 e. The van der Waals surface area contributed by atoms with Gasteiger partial charge < -0.3 is 14.4 Å². The quantitative estimate of drug-likeness (QED) is 0.917. The number of alkyl halides is 3. The van der Waals surface area contributed by atoms with Crippen molar-refractivity contribution in [1.29, 1.82) is 0 Å². The van der Waals surface area contributed by atoms with Crippen LogP contribution in [0.1, 0.15) is 22.2 Å². The lowest BCUT2D eigenvalue weighted by Crippen LogP contribution is -2.25. The number of rotatable bonds is 3. The molecule has 0 spiro atoms. The molecule has 0 radical (unpaired) electrons. The zero-order valence-corrected chi connectivity index (χ0v) is 9.73. The maximum Gasteiger partial charge on any atom is 0.455 e. The van der Waals surface area contributed by atoms with E-state index in [9.17, 15) is 18.0 Å². The van der Waals surface area contributed by atoms with Crippen molar-refractivity contribution in [3.63, 3.8) is 0 Å². The predicted molar refractivity (Wildman–Crippen MR) is 55.9 cm³/mol. The van der Waals surface area contributed by atoms with E-state index in [4.69, 9.17) is 0 Å². The fraction of sp³-hybridized carbons (Fsp3) is 0.300. The topological polar surface area (TPSA) is 73.0 Å². The number of aromatic nitrogens is 3. The maximum atomic E-state index is 12.2. The summed E-state index contributed by atoms with van der Waals surface area (Å²) in [6.45, 7) is -0.271. The summed E-state index contributed by atoms with van der Waals surface area (Å²) >= 11 is 0. The largest absolute Gasteiger partial charge is 0.455 e. The minimum atomic E-state index is -4.66. The van der Waals surface area contributed by atoms with Gasteiger partial charge in [-0.15, -0.1) is 0 Å². The van der Waals surface area contributed by atoms with E-state index in [0.29, 0.717) is 5.69 Å². The van der Waals surface area contributed by atoms with Crippen LogP contribution in [0.15, 0.2) is 22.9 Å². The van der Waals surface area contributed by atoms with E-state index in [1.54, 1.807) is 29.9 Å². The van der Waals surface area contributed by atoms with Crippen molar-refractivity contribution in [3.05, 3.63) is 35.7 Å². The Bertz CT molecular complexity index is 588. The molecule has 0 aliphatic heterocycles. The van der Waals surface area contributed by atoms with Gasteiger partial charge >= 0.3 is 6.18 Å². The monoisotopic (exact) mass is 274 g/mol. The Hall–Kier alpha value is -2.32. The van der Waals surface area contributed by atoms with Crippen LogP contribution in [0.25, 0.3) is 0 Å². The van der Waals surface area contributed by atoms with Gasteiger partial charge in [0.2, 0.25) is 5.89 Å². The molecule has 102 valence electrons. The third kappa shape index (κ3) is 2.92. The molecule has 2 aromatic rings. The second-order valence-corrected chi connectivity index (χ2v) is 3.70. The summed E-state index contributed by atoms with van der Waals surface area (Å²) in [5, 5.41) is 5.16. The molecule has 0 aliphatic carbocycles. The molecule has 0 saturated carbocycles. The summed E-state index contributed by atoms with van der Waals surface area (Å²) in [5.74, 6) is -2.12. The van der Waals surface area contributed by atoms with Crippen LogP contribution >= 0.6 is 0 Å². The van der Waals surface area contributed by atoms with Gasteiger partial charge in [0.15, 0.2) is 0 Å². The fourth-order valence-corrected chi connectivity index (χ4v) is 1.39. The molecule has 1 N–H and O–H groups in total. The third-order valence-corrected chi connectivity index (χ3v) is 2.30. The van der Waals surface area contributed by atoms with E-state index in [0.717, 1.165) is 0 Å². The summed E-state index contributed by atoms with van der Waals surface area (Å²) in [6.07, 6.45) is -2.99. The predicted octanol–water partition coefficient (Wildman–Crippen LogP) is 1.36. The van der Waals surface area contributed by atoms with Crippen molar-refractivity contribution in [1.82, 2.24) is 20.0 Å². The van der Waals surface area contributed by atoms with Crippen LogP contribution < -0.4 is 5.32 Å². The average molecular weight is 274 g/mol. The lowest BCUT2D eigenvalue weighted by atomic mass is 10.4. The van der Waals surface area contributed by atoms with Gasteiger partial charge in [0, 0.05) is 13.2 Å². The number of nitrogens with zero attached hydrogens (tertiary/aromatic N) is 3. The summed E-state index contributed by atoms with van der Waals surface area (Å²) in [6, 6.07) is 3.24. The Morgan fingerprint density at radius 1 is 1.53 bits per heavy atom. The molecule has 19 heavy (non-hydrogen) atoms. The number of amides is 1. The first-order valence-corrected chi connectivity index (χ1v) is 5.17. The van der Waals surface area contributed by atoms with Gasteiger partial charge in [-0.05, 0) is 12.1 Å². The van der Waals surface area contributed by atoms with Crippen LogP contribution in [0.5, 0.6) is 0 Å². The lowest BCUT2D eigenvalue weighted by Gasteiger charge is -2.03. The van der Waals surface area contributed by atoms with Crippen LogP contribution in [0.4, 0.5) is 13.2 Å². The Morgan fingerprint density at radius 2 is 2.26 bits per heavy atom. The molecule has 2 rings (SSSR count). The van der Waals surface area contributed by atoms with Crippen LogP contribution in [-0.2, 0) is 19.8 Å². The van der Waals surface area contributed by atoms with Gasteiger partial charge in [0.1, 0.15) is 5.69 Å². The first-order valence-electron chi connectivity index (χ1n) is 5.17. The Kier molecular flexibility index (Phi) is 3.28. The van der Waals surface area contributed by atoms with Gasteiger partial charge in [0.25, 0.3) is 11.7 Å². The number of hydrogen-bond acceptors (Lipinski definition) is 4. The third-order valence-electron chi connectivity index (χ3n) is 2.30. The number of aryl methyl sites for hydroxylation is 1. The summed E-state index contributed by atoms with van der Waals surface area (Å²) < 4.78 is 42.6. The van der Waals surface area contributed by atoms with Crippen molar-refractivity contribution in [2.75, 3.05) is 0 Å². The van der Waals surface area contributed by atoms with E-state index in [-0.39, 0.29) is 12.4 Å². The van der Waals surface area contributed by atoms with Gasteiger partial charge in [-0.2, -0.15) is 18.2 Å². The number of hydrogen-bond donors (Lipinski definition) is 1. The minimum absolute atomic E-state index is 0.271. The number of carbonyl (C=O) groups is 1. The number of nitrogens with one attached hydrogen (secondary N) is 1. The smallest absolute Gasteiger partial charge is 0.347 e. The van der Waals surface area contributed by atoms with E-state index in [1.165, 1.54) is 0 Å². The standard InChI is InChI=1S/C10H9F3N4O2/c1-17-4-2-3-6(17)8(18)14-5-7-15-9(16-19-7)10(11,12)13/h2-4H,5H2,1H3,(H,14,18). The molecule has 2 aromatic heterocycles. The molecule has 2 heterocycles. The van der Waals surface area contributed by atoms with E-state index >= 15 is 0 Å². The average Bonchev–Trinajstić information content (AvgIpc) is 2.93. The Labute approximate surface area is 105 Å². The molecule has 0 unspecified atom stereocenters. The van der Waals surface area contributed by atoms with E-state index in [1.807, 2.05) is 0 Å². The normalized spacial score (nSPS) is 11.6. The molecule has 9 heteroatoms. The van der Waals surface area contributed by atoms with Crippen LogP contribution in [0.3, 0.4) is 0 Å². The molecule has 1 amide bonds. The summed E-state index contributed by atoms with van der Waals surface area (Å²) in [5.41, 5.74) is 0.371. The lowest BCUT2D eigenvalue weighted by molar-refractivity contribution is -0.146. The van der Waals surface area contributed by atoms with Gasteiger partial charge in [-0.3, -0.25) is 4.79 Å². The van der Waals surface area contributed by atoms with Crippen molar-refractivity contribution in [3.8, 4) is 0 Å². The second kappa shape index (κ2) is 4.75. The molecule has 0 fully saturated rings. The number of halogens is 3. The zero-order valence-electron chi connectivity index (χ0n) is 9.73. The zero-order chi connectivity index (χ0) is 14.0. The first-order chi connectivity index (χ1) is 8.88. The molecule has 6 nitrogen and oxygen atoms in total. The van der Waals surface area contributed by atoms with Gasteiger partial charge in [0.05, 0.1) is 6.54 Å². The Morgan fingerprint density at radius 3 is 2.79 bits per heavy atom. The molecule has 0 aromatic carbocycles. The first kappa shape index (κ1) is 13.1. The highest BCUT2D eigenvalue weighted by Crippen LogP contribution is 2.26. The summed E-state index contributed by atoms with van der Waals surface area (Å²) in [4.78, 5) is 14.8. The Balaban J connectivity index is 1.98. The fourth-order valence-electron chi connectivity index (χ4n) is 1.39. The van der Waals surface area contributed by atoms with Crippen LogP contribution in [0, 0.1) is 0 Å². The van der Waals surface area contributed by atoms with Crippen molar-refractivity contribution < 1.29 is 22.5 Å². The summed E-state index contributed by atoms with van der Waals surface area (Å²) in [7, 11) is 1.67. The SMILES string of the molecule is Cn1cccc1C(=O)NCc1nc(C(F)(F)F)no1. The highest BCUT2D eigenvalue weighted by Gasteiger charge is 2.37. The van der Waals surface area contributed by atoms with Crippen molar-refractivity contribution >= 4 is 5.91 Å². The van der Waals surface area contributed by atoms with Crippen LogP contribution in [0.2, 0.25) is 0 Å². The van der Waals surface area contributed by atoms with Gasteiger partial charge in [-0.25, -0.2) is 0 Å². The molecular weight excluding hydrogens is 265 g/mol. The number of carbonyl (C=O) groups excluding carboxylic acids is 1. The highest BCUT2D eigenvalue weighted by atomic mass is 19.4. The molecule has 0 aliphatic rings. The van der Waals surface area contributed by atoms with Crippen LogP contribution in [-0.4, -0.2) is 20.6 Å². The van der Waals surface area contributed by atoms with Crippen molar-refractivity contribution in [2.24, 2.45) is 7.05 Å². The molecule has 0 bridgehead atoms. The molecular formula is C10H9F3N4O2. The van der Waals surface area contributed by atoms with E-state index in [2.05, 4.69) is 20.0 Å². The molecule has 0 saturated heterocycles. The second-order valence-electron chi connectivity index (χ2n) is 3.70. The van der Waals surface area contributed by atoms with E-state index < -0.39 is 17.9 Å². The van der Waals surface area contributed by atoms with Gasteiger partial charge in [-0.1, -0.05) is 5.16 Å². The van der Waals surface area contributed by atoms with Crippen molar-refractivity contribution in [2.45, 2.75) is 12.7 Å². The highest BCUT2D eigenvalue weighted by molar-refractivity contribution is 5.92. The maximum absolute atomic E-state index is 12.2. The molecule has 0 atom stereocenters.